The van der Waals surface area contributed by atoms with Gasteiger partial charge < -0.3 is 5.11 Å². The molecule has 2 heteroatoms. The Morgan fingerprint density at radius 2 is 1.60 bits per heavy atom. The molecule has 1 N–H and O–H groups in total. The first-order valence-corrected chi connectivity index (χ1v) is 13.3. The molecule has 5 unspecified atom stereocenters. The smallest absolute Gasteiger partial charge is 0.136 e. The molecule has 30 heavy (non-hydrogen) atoms. The molecule has 4 aliphatic rings. The Bertz CT molecular complexity index is 641. The number of aliphatic hydroxyl groups excluding tert-OH is 1. The molecule has 0 amide bonds. The maximum absolute atomic E-state index is 13.3. The van der Waals surface area contributed by atoms with E-state index in [4.69, 9.17) is 0 Å². The normalized spacial score (nSPS) is 48.1. The van der Waals surface area contributed by atoms with E-state index in [-0.39, 0.29) is 17.4 Å². The number of hydrogen-bond donors (Lipinski definition) is 1. The molecule has 4 fully saturated rings. The highest BCUT2D eigenvalue weighted by molar-refractivity contribution is 5.83. The van der Waals surface area contributed by atoms with Crippen molar-refractivity contribution in [3.8, 4) is 0 Å². The zero-order valence-corrected chi connectivity index (χ0v) is 20.6. The summed E-state index contributed by atoms with van der Waals surface area (Å²) in [7, 11) is 0. The van der Waals surface area contributed by atoms with Gasteiger partial charge in [0.15, 0.2) is 0 Å². The second-order valence-corrected chi connectivity index (χ2v) is 13.0. The SMILES string of the molecule is CC(C)[C@H](C)CC[C@H](C)C1CCC2C3CC(=O)C4C[C@@H](O)CC[C@]4(C)C3CC[C@@]21C. The van der Waals surface area contributed by atoms with E-state index in [1.807, 2.05) is 0 Å². The molecule has 0 aliphatic heterocycles. The van der Waals surface area contributed by atoms with Crippen LogP contribution < -0.4 is 0 Å². The first kappa shape index (κ1) is 22.8. The van der Waals surface area contributed by atoms with Crippen LogP contribution in [-0.4, -0.2) is 17.0 Å². The summed E-state index contributed by atoms with van der Waals surface area (Å²) >= 11 is 0. The standard InChI is InChI=1S/C28H48O2/c1-17(2)18(3)7-8-19(4)22-9-10-23-21-16-26(30)25-15-20(29)11-13-28(25,6)24(21)12-14-27(22,23)5/h17-25,29H,7-16H2,1-6H3/t18-,19+,20+,21?,22?,23?,24?,25?,27-,28-/m1/s1. The number of carbonyl (C=O) groups excluding carboxylic acids is 1. The van der Waals surface area contributed by atoms with Gasteiger partial charge in [-0.25, -0.2) is 0 Å². The third-order valence-electron chi connectivity index (χ3n) is 11.4. The molecule has 0 aromatic heterocycles. The van der Waals surface area contributed by atoms with Crippen LogP contribution in [-0.2, 0) is 4.79 Å². The van der Waals surface area contributed by atoms with Crippen molar-refractivity contribution >= 4 is 5.78 Å². The minimum Gasteiger partial charge on any atom is -0.393 e. The molecule has 2 nitrogen and oxygen atoms in total. The van der Waals surface area contributed by atoms with Crippen LogP contribution in [0.5, 0.6) is 0 Å². The molecule has 0 aromatic carbocycles. The topological polar surface area (TPSA) is 37.3 Å². The largest absolute Gasteiger partial charge is 0.393 e. The van der Waals surface area contributed by atoms with Crippen molar-refractivity contribution in [2.75, 3.05) is 0 Å². The fourth-order valence-corrected chi connectivity index (χ4v) is 9.06. The predicted molar refractivity (Wildman–Crippen MR) is 124 cm³/mol. The van der Waals surface area contributed by atoms with Crippen molar-refractivity contribution in [2.45, 2.75) is 112 Å². The Labute approximate surface area is 186 Å². The van der Waals surface area contributed by atoms with Crippen molar-refractivity contribution < 1.29 is 9.90 Å². The van der Waals surface area contributed by atoms with E-state index in [0.29, 0.717) is 23.0 Å². The van der Waals surface area contributed by atoms with Crippen molar-refractivity contribution in [2.24, 2.45) is 58.2 Å². The van der Waals surface area contributed by atoms with E-state index in [1.165, 1.54) is 38.5 Å². The van der Waals surface area contributed by atoms with Crippen LogP contribution in [0.4, 0.5) is 0 Å². The van der Waals surface area contributed by atoms with Crippen LogP contribution >= 0.6 is 0 Å². The number of aliphatic hydroxyl groups is 1. The second-order valence-electron chi connectivity index (χ2n) is 13.0. The minimum absolute atomic E-state index is 0.125. The number of rotatable bonds is 5. The minimum atomic E-state index is -0.248. The molecule has 4 aliphatic carbocycles. The maximum Gasteiger partial charge on any atom is 0.136 e. The van der Waals surface area contributed by atoms with Crippen molar-refractivity contribution in [3.63, 3.8) is 0 Å². The van der Waals surface area contributed by atoms with E-state index in [0.717, 1.165) is 55.3 Å². The van der Waals surface area contributed by atoms with Crippen LogP contribution in [0.2, 0.25) is 0 Å². The number of ketones is 1. The van der Waals surface area contributed by atoms with Crippen LogP contribution in [0.3, 0.4) is 0 Å². The van der Waals surface area contributed by atoms with E-state index in [2.05, 4.69) is 41.5 Å². The molecule has 0 saturated heterocycles. The number of fused-ring (bicyclic) bond motifs is 5. The Balaban J connectivity index is 1.50. The molecule has 172 valence electrons. The third-order valence-corrected chi connectivity index (χ3v) is 11.4. The molecule has 0 heterocycles. The predicted octanol–water partition coefficient (Wildman–Crippen LogP) is 6.89. The Morgan fingerprint density at radius 3 is 2.30 bits per heavy atom. The first-order valence-electron chi connectivity index (χ1n) is 13.3. The first-order chi connectivity index (χ1) is 14.1. The van der Waals surface area contributed by atoms with Crippen LogP contribution in [0.25, 0.3) is 0 Å². The molecule has 4 saturated carbocycles. The van der Waals surface area contributed by atoms with E-state index >= 15 is 0 Å². The van der Waals surface area contributed by atoms with Crippen LogP contribution in [0.1, 0.15) is 106 Å². The van der Waals surface area contributed by atoms with E-state index < -0.39 is 0 Å². The van der Waals surface area contributed by atoms with E-state index in [1.54, 1.807) is 0 Å². The summed E-state index contributed by atoms with van der Waals surface area (Å²) in [6, 6.07) is 0. The number of carbonyl (C=O) groups is 1. The van der Waals surface area contributed by atoms with Gasteiger partial charge in [-0.3, -0.25) is 4.79 Å². The van der Waals surface area contributed by atoms with Gasteiger partial charge in [-0.15, -0.1) is 0 Å². The molecule has 0 bridgehead atoms. The summed E-state index contributed by atoms with van der Waals surface area (Å²) in [5, 5.41) is 10.2. The second kappa shape index (κ2) is 8.20. The van der Waals surface area contributed by atoms with Crippen LogP contribution in [0.15, 0.2) is 0 Å². The molecular weight excluding hydrogens is 368 g/mol. The summed E-state index contributed by atoms with van der Waals surface area (Å²) in [5.74, 6) is 5.95. The lowest BCUT2D eigenvalue weighted by Gasteiger charge is -2.60. The van der Waals surface area contributed by atoms with Gasteiger partial charge in [-0.05, 0) is 97.2 Å². The fraction of sp³-hybridized carbons (Fsp3) is 0.964. The summed E-state index contributed by atoms with van der Waals surface area (Å²) in [6.07, 6.45) is 11.4. The van der Waals surface area contributed by atoms with Gasteiger partial charge in [0, 0.05) is 12.3 Å². The van der Waals surface area contributed by atoms with Crippen molar-refractivity contribution in [1.82, 2.24) is 0 Å². The van der Waals surface area contributed by atoms with Crippen LogP contribution in [0, 0.1) is 58.2 Å². The summed E-state index contributed by atoms with van der Waals surface area (Å²) in [4.78, 5) is 13.3. The Hall–Kier alpha value is -0.370. The van der Waals surface area contributed by atoms with E-state index in [9.17, 15) is 9.90 Å². The quantitative estimate of drug-likeness (QED) is 0.529. The molecule has 4 rings (SSSR count). The monoisotopic (exact) mass is 416 g/mol. The average Bonchev–Trinajstić information content (AvgIpc) is 3.04. The third kappa shape index (κ3) is 3.61. The molecule has 0 aromatic rings. The molecule has 0 spiro atoms. The van der Waals surface area contributed by atoms with Crippen molar-refractivity contribution in [3.05, 3.63) is 0 Å². The summed E-state index contributed by atoms with van der Waals surface area (Å²) in [5.41, 5.74) is 0.594. The highest BCUT2D eigenvalue weighted by Gasteiger charge is 2.62. The zero-order chi connectivity index (χ0) is 21.8. The highest BCUT2D eigenvalue weighted by Crippen LogP contribution is 2.67. The lowest BCUT2D eigenvalue weighted by molar-refractivity contribution is -0.160. The molecular formula is C28H48O2. The van der Waals surface area contributed by atoms with Gasteiger partial charge in [0.05, 0.1) is 6.10 Å². The zero-order valence-electron chi connectivity index (χ0n) is 20.6. The lowest BCUT2D eigenvalue weighted by Crippen LogP contribution is -2.57. The fourth-order valence-electron chi connectivity index (χ4n) is 9.06. The van der Waals surface area contributed by atoms with Gasteiger partial charge in [-0.2, -0.15) is 0 Å². The van der Waals surface area contributed by atoms with Crippen molar-refractivity contribution in [1.29, 1.82) is 0 Å². The summed E-state index contributed by atoms with van der Waals surface area (Å²) in [6.45, 7) is 14.7. The lowest BCUT2D eigenvalue weighted by atomic mass is 9.44. The maximum atomic E-state index is 13.3. The van der Waals surface area contributed by atoms with Gasteiger partial charge in [0.25, 0.3) is 0 Å². The van der Waals surface area contributed by atoms with Gasteiger partial charge in [0.1, 0.15) is 5.78 Å². The summed E-state index contributed by atoms with van der Waals surface area (Å²) < 4.78 is 0. The molecule has 0 radical (unpaired) electrons. The number of Topliss-reactive ketones (excluding diaryl/α,β-unsaturated/α-hetero) is 1. The van der Waals surface area contributed by atoms with Gasteiger partial charge >= 0.3 is 0 Å². The van der Waals surface area contributed by atoms with Gasteiger partial charge in [-0.1, -0.05) is 54.4 Å². The van der Waals surface area contributed by atoms with Gasteiger partial charge in [0.2, 0.25) is 0 Å². The Kier molecular flexibility index (Phi) is 6.23. The number of hydrogen-bond acceptors (Lipinski definition) is 2. The Morgan fingerprint density at radius 1 is 0.933 bits per heavy atom. The highest BCUT2D eigenvalue weighted by atomic mass is 16.3. The average molecular weight is 417 g/mol. The molecule has 10 atom stereocenters.